The Bertz CT molecular complexity index is 976. The SMILES string of the molecule is CCC/C=C(C)/C(=C\c1cccnc1C)C(C)=O.CCCCc1ccc(O)c(C(F)(F)F)c1. The smallest absolute Gasteiger partial charge is 0.419 e. The molecule has 0 aliphatic heterocycles. The average molecular weight is 462 g/mol. The third-order valence-electron chi connectivity index (χ3n) is 5.08. The number of alkyl halides is 3. The number of nitrogens with zero attached hydrogens (tertiary/aromatic N) is 1. The number of aromatic nitrogens is 1. The van der Waals surface area contributed by atoms with Crippen LogP contribution < -0.4 is 0 Å². The molecule has 1 heterocycles. The zero-order chi connectivity index (χ0) is 25.0. The normalized spacial score (nSPS) is 12.2. The van der Waals surface area contributed by atoms with Crippen LogP contribution in [-0.2, 0) is 17.4 Å². The molecule has 0 spiro atoms. The molecule has 0 radical (unpaired) electrons. The molecule has 1 aromatic heterocycles. The summed E-state index contributed by atoms with van der Waals surface area (Å²) >= 11 is 0. The van der Waals surface area contributed by atoms with E-state index in [2.05, 4.69) is 18.0 Å². The minimum atomic E-state index is -4.48. The van der Waals surface area contributed by atoms with Crippen LogP contribution in [0.5, 0.6) is 5.75 Å². The van der Waals surface area contributed by atoms with Gasteiger partial charge in [-0.05, 0) is 81.0 Å². The number of Topliss-reactive ketones (excluding diaryl/α,β-unsaturated/α-hetero) is 1. The molecule has 0 unspecified atom stereocenters. The Labute approximate surface area is 195 Å². The van der Waals surface area contributed by atoms with Crippen molar-refractivity contribution in [2.24, 2.45) is 0 Å². The van der Waals surface area contributed by atoms with Gasteiger partial charge in [0.25, 0.3) is 0 Å². The molecule has 1 aromatic carbocycles. The van der Waals surface area contributed by atoms with Gasteiger partial charge in [0.1, 0.15) is 5.75 Å². The van der Waals surface area contributed by atoms with E-state index >= 15 is 0 Å². The van der Waals surface area contributed by atoms with Crippen molar-refractivity contribution >= 4 is 11.9 Å². The maximum absolute atomic E-state index is 12.4. The van der Waals surface area contributed by atoms with Crippen molar-refractivity contribution in [3.63, 3.8) is 0 Å². The molecule has 33 heavy (non-hydrogen) atoms. The number of hydrogen-bond donors (Lipinski definition) is 1. The summed E-state index contributed by atoms with van der Waals surface area (Å²) in [6.07, 6.45) is 5.83. The fourth-order valence-corrected chi connectivity index (χ4v) is 3.12. The highest BCUT2D eigenvalue weighted by molar-refractivity contribution is 6.02. The van der Waals surface area contributed by atoms with E-state index in [9.17, 15) is 18.0 Å². The largest absolute Gasteiger partial charge is 0.507 e. The van der Waals surface area contributed by atoms with E-state index in [-0.39, 0.29) is 5.78 Å². The van der Waals surface area contributed by atoms with E-state index in [0.717, 1.165) is 60.2 Å². The predicted molar refractivity (Wildman–Crippen MR) is 128 cm³/mol. The van der Waals surface area contributed by atoms with Gasteiger partial charge in [-0.25, -0.2) is 0 Å². The summed E-state index contributed by atoms with van der Waals surface area (Å²) in [5.74, 6) is -0.606. The minimum absolute atomic E-state index is 0.100. The molecule has 180 valence electrons. The monoisotopic (exact) mass is 461 g/mol. The molecule has 0 amide bonds. The van der Waals surface area contributed by atoms with Crippen LogP contribution in [0, 0.1) is 6.92 Å². The Balaban J connectivity index is 0.000000335. The van der Waals surface area contributed by atoms with Crippen molar-refractivity contribution in [1.82, 2.24) is 4.98 Å². The van der Waals surface area contributed by atoms with Crippen molar-refractivity contribution in [3.8, 4) is 5.75 Å². The van der Waals surface area contributed by atoms with E-state index < -0.39 is 17.5 Å². The van der Waals surface area contributed by atoms with Gasteiger partial charge in [0, 0.05) is 17.5 Å². The zero-order valence-corrected chi connectivity index (χ0v) is 20.1. The van der Waals surface area contributed by atoms with Gasteiger partial charge in [-0.15, -0.1) is 0 Å². The molecule has 0 saturated carbocycles. The first-order chi connectivity index (χ1) is 15.5. The predicted octanol–water partition coefficient (Wildman–Crippen LogP) is 7.86. The van der Waals surface area contributed by atoms with Crippen molar-refractivity contribution < 1.29 is 23.1 Å². The number of pyridine rings is 1. The number of phenolic OH excluding ortho intramolecular Hbond substituents is 1. The Morgan fingerprint density at radius 2 is 1.82 bits per heavy atom. The zero-order valence-electron chi connectivity index (χ0n) is 20.1. The summed E-state index contributed by atoms with van der Waals surface area (Å²) in [5.41, 5.74) is 3.44. The Morgan fingerprint density at radius 3 is 2.36 bits per heavy atom. The molecule has 0 fully saturated rings. The standard InChI is InChI=1S/C16H21NO.C11H13F3O/c1-5-6-8-12(2)16(14(4)18)11-15-9-7-10-17-13(15)3;1-2-3-4-8-5-6-10(15)9(7-8)11(12,13)14/h7-11H,5-6H2,1-4H3;5-7,15H,2-4H2,1H3/b12-8+,16-11+;. The van der Waals surface area contributed by atoms with Crippen LogP contribution in [0.15, 0.2) is 53.8 Å². The topological polar surface area (TPSA) is 50.2 Å². The molecule has 3 nitrogen and oxygen atoms in total. The summed E-state index contributed by atoms with van der Waals surface area (Å²) in [5, 5.41) is 9.08. The number of unbranched alkanes of at least 4 members (excludes halogenated alkanes) is 2. The van der Waals surface area contributed by atoms with Gasteiger partial charge in [0.15, 0.2) is 5.78 Å². The van der Waals surface area contributed by atoms with Crippen LogP contribution in [0.4, 0.5) is 13.2 Å². The summed E-state index contributed by atoms with van der Waals surface area (Å²) in [6, 6.07) is 7.53. The second-order valence-electron chi connectivity index (χ2n) is 7.92. The first kappa shape index (κ1) is 28.1. The minimum Gasteiger partial charge on any atom is -0.507 e. The number of hydrogen-bond acceptors (Lipinski definition) is 3. The maximum atomic E-state index is 12.4. The van der Waals surface area contributed by atoms with Gasteiger partial charge in [-0.2, -0.15) is 13.2 Å². The average Bonchev–Trinajstić information content (AvgIpc) is 2.75. The molecule has 2 rings (SSSR count). The molecule has 0 bridgehead atoms. The Hall–Kier alpha value is -2.89. The molecular weight excluding hydrogens is 427 g/mol. The van der Waals surface area contributed by atoms with Crippen LogP contribution >= 0.6 is 0 Å². The molecule has 0 aliphatic carbocycles. The lowest BCUT2D eigenvalue weighted by Gasteiger charge is -2.10. The van der Waals surface area contributed by atoms with Gasteiger partial charge >= 0.3 is 6.18 Å². The summed E-state index contributed by atoms with van der Waals surface area (Å²) < 4.78 is 37.2. The highest BCUT2D eigenvalue weighted by Gasteiger charge is 2.33. The number of phenols is 1. The van der Waals surface area contributed by atoms with Crippen molar-refractivity contribution in [3.05, 3.63) is 76.1 Å². The molecule has 1 N–H and O–H groups in total. The first-order valence-corrected chi connectivity index (χ1v) is 11.2. The fourth-order valence-electron chi connectivity index (χ4n) is 3.12. The molecule has 0 atom stereocenters. The second-order valence-corrected chi connectivity index (χ2v) is 7.92. The number of aryl methyl sites for hydroxylation is 2. The Kier molecular flexibility index (Phi) is 11.6. The third kappa shape index (κ3) is 9.64. The number of carbonyl (C=O) groups is 1. The van der Waals surface area contributed by atoms with Gasteiger partial charge < -0.3 is 5.11 Å². The number of ketones is 1. The van der Waals surface area contributed by atoms with Gasteiger partial charge in [0.05, 0.1) is 5.56 Å². The summed E-state index contributed by atoms with van der Waals surface area (Å²) in [6.45, 7) is 9.67. The van der Waals surface area contributed by atoms with Crippen LogP contribution in [0.25, 0.3) is 6.08 Å². The van der Waals surface area contributed by atoms with Crippen LogP contribution in [0.3, 0.4) is 0 Å². The third-order valence-corrected chi connectivity index (χ3v) is 5.08. The molecule has 2 aromatic rings. The number of aromatic hydroxyl groups is 1. The maximum Gasteiger partial charge on any atom is 0.419 e. The van der Waals surface area contributed by atoms with Crippen LogP contribution in [0.1, 0.15) is 75.8 Å². The lowest BCUT2D eigenvalue weighted by molar-refractivity contribution is -0.138. The van der Waals surface area contributed by atoms with E-state index in [1.54, 1.807) is 13.1 Å². The van der Waals surface area contributed by atoms with E-state index in [1.165, 1.54) is 6.07 Å². The van der Waals surface area contributed by atoms with Crippen LogP contribution in [0.2, 0.25) is 0 Å². The lowest BCUT2D eigenvalue weighted by atomic mass is 9.99. The molecule has 6 heteroatoms. The van der Waals surface area contributed by atoms with E-state index in [1.807, 2.05) is 39.0 Å². The Morgan fingerprint density at radius 1 is 1.12 bits per heavy atom. The second kappa shape index (κ2) is 13.6. The van der Waals surface area contributed by atoms with Crippen molar-refractivity contribution in [2.75, 3.05) is 0 Å². The summed E-state index contributed by atoms with van der Waals surface area (Å²) in [4.78, 5) is 16.0. The quantitative estimate of drug-likeness (QED) is 0.321. The first-order valence-electron chi connectivity index (χ1n) is 11.2. The number of allylic oxidation sites excluding steroid dienone is 3. The van der Waals surface area contributed by atoms with Crippen molar-refractivity contribution in [2.45, 2.75) is 72.9 Å². The van der Waals surface area contributed by atoms with E-state index in [0.29, 0.717) is 12.0 Å². The van der Waals surface area contributed by atoms with Crippen LogP contribution in [-0.4, -0.2) is 15.9 Å². The molecule has 0 saturated heterocycles. The van der Waals surface area contributed by atoms with E-state index in [4.69, 9.17) is 5.11 Å². The summed E-state index contributed by atoms with van der Waals surface area (Å²) in [7, 11) is 0. The molecule has 0 aliphatic rings. The van der Waals surface area contributed by atoms with Crippen molar-refractivity contribution in [1.29, 1.82) is 0 Å². The number of halogens is 3. The van der Waals surface area contributed by atoms with Gasteiger partial charge in [-0.1, -0.05) is 44.9 Å². The number of carbonyl (C=O) groups excluding carboxylic acids is 1. The highest BCUT2D eigenvalue weighted by Crippen LogP contribution is 2.36. The fraction of sp³-hybridized carbons (Fsp3) is 0.407. The molecular formula is C27H34F3NO2. The van der Waals surface area contributed by atoms with Gasteiger partial charge in [0.2, 0.25) is 0 Å². The highest BCUT2D eigenvalue weighted by atomic mass is 19.4. The van der Waals surface area contributed by atoms with Gasteiger partial charge in [-0.3, -0.25) is 9.78 Å². The lowest BCUT2D eigenvalue weighted by Crippen LogP contribution is -2.06. The number of rotatable bonds is 8. The number of benzene rings is 1.